The van der Waals surface area contributed by atoms with Crippen LogP contribution in [-0.2, 0) is 13.0 Å². The van der Waals surface area contributed by atoms with Gasteiger partial charge in [0.05, 0.1) is 5.56 Å². The van der Waals surface area contributed by atoms with Gasteiger partial charge in [0, 0.05) is 43.1 Å². The van der Waals surface area contributed by atoms with E-state index in [1.807, 2.05) is 35.2 Å². The predicted octanol–water partition coefficient (Wildman–Crippen LogP) is 4.26. The summed E-state index contributed by atoms with van der Waals surface area (Å²) < 4.78 is 2.29. The summed E-state index contributed by atoms with van der Waals surface area (Å²) in [6.45, 7) is 2.28. The Morgan fingerprint density at radius 3 is 2.44 bits per heavy atom. The molecular weight excluding hydrogens is 400 g/mol. The van der Waals surface area contributed by atoms with Gasteiger partial charge in [-0.15, -0.1) is 10.2 Å². The fourth-order valence-electron chi connectivity index (χ4n) is 4.96. The number of likely N-dealkylation sites (tertiary alicyclic amines) is 1. The highest BCUT2D eigenvalue weighted by Crippen LogP contribution is 2.29. The molecule has 6 nitrogen and oxygen atoms in total. The van der Waals surface area contributed by atoms with Gasteiger partial charge < -0.3 is 9.47 Å². The smallest absolute Gasteiger partial charge is 0.254 e. The Bertz CT molecular complexity index is 1120. The molecule has 0 bridgehead atoms. The van der Waals surface area contributed by atoms with Crippen molar-refractivity contribution in [1.82, 2.24) is 19.7 Å². The number of amides is 1. The maximum Gasteiger partial charge on any atom is 0.254 e. The van der Waals surface area contributed by atoms with Crippen LogP contribution in [-0.4, -0.2) is 44.4 Å². The van der Waals surface area contributed by atoms with Gasteiger partial charge in [-0.1, -0.05) is 55.0 Å². The second-order valence-corrected chi connectivity index (χ2v) is 8.77. The molecule has 3 heterocycles. The molecule has 2 aromatic carbocycles. The molecule has 0 aliphatic carbocycles. The third-order valence-corrected chi connectivity index (χ3v) is 6.65. The first-order chi connectivity index (χ1) is 15.7. The molecule has 0 N–H and O–H groups in total. The van der Waals surface area contributed by atoms with E-state index in [1.54, 1.807) is 24.3 Å². The molecule has 2 aliphatic heterocycles. The number of carbonyl (C=O) groups excluding carboxylic acids is 2. The summed E-state index contributed by atoms with van der Waals surface area (Å²) >= 11 is 0. The average Bonchev–Trinajstić information content (AvgIpc) is 3.12. The van der Waals surface area contributed by atoms with Crippen molar-refractivity contribution in [2.75, 3.05) is 13.1 Å². The van der Waals surface area contributed by atoms with Crippen molar-refractivity contribution in [3.05, 3.63) is 82.9 Å². The van der Waals surface area contributed by atoms with Crippen molar-refractivity contribution < 1.29 is 9.59 Å². The molecule has 0 radical (unpaired) electrons. The molecule has 32 heavy (non-hydrogen) atoms. The topological polar surface area (TPSA) is 68.1 Å². The largest absolute Gasteiger partial charge is 0.338 e. The summed E-state index contributed by atoms with van der Waals surface area (Å²) in [6, 6.07) is 16.3. The Hall–Kier alpha value is -3.28. The van der Waals surface area contributed by atoms with E-state index < -0.39 is 0 Å². The molecule has 5 rings (SSSR count). The van der Waals surface area contributed by atoms with Crippen LogP contribution >= 0.6 is 0 Å². The summed E-state index contributed by atoms with van der Waals surface area (Å²) in [6.07, 6.45) is 6.46. The zero-order valence-electron chi connectivity index (χ0n) is 18.2. The Labute approximate surface area is 188 Å². The number of aryl methyl sites for hydroxylation is 1. The van der Waals surface area contributed by atoms with Crippen molar-refractivity contribution in [2.45, 2.75) is 51.0 Å². The number of piperidine rings is 1. The maximum atomic E-state index is 13.5. The molecule has 1 saturated heterocycles. The molecule has 1 amide bonds. The van der Waals surface area contributed by atoms with E-state index in [4.69, 9.17) is 0 Å². The molecule has 164 valence electrons. The van der Waals surface area contributed by atoms with Crippen LogP contribution in [0.15, 0.2) is 54.6 Å². The summed E-state index contributed by atoms with van der Waals surface area (Å²) in [5.41, 5.74) is 1.53. The van der Waals surface area contributed by atoms with Crippen molar-refractivity contribution in [2.24, 2.45) is 0 Å². The zero-order valence-corrected chi connectivity index (χ0v) is 18.2. The lowest BCUT2D eigenvalue weighted by atomic mass is 9.94. The van der Waals surface area contributed by atoms with E-state index in [0.29, 0.717) is 29.8 Å². The molecule has 2 aliphatic rings. The highest BCUT2D eigenvalue weighted by Gasteiger charge is 2.31. The summed E-state index contributed by atoms with van der Waals surface area (Å²) in [5.74, 6) is 2.09. The third kappa shape index (κ3) is 3.97. The van der Waals surface area contributed by atoms with Crippen LogP contribution in [0.5, 0.6) is 0 Å². The number of carbonyl (C=O) groups is 2. The van der Waals surface area contributed by atoms with Gasteiger partial charge in [-0.2, -0.15) is 0 Å². The van der Waals surface area contributed by atoms with Gasteiger partial charge in [0.25, 0.3) is 5.91 Å². The average molecular weight is 429 g/mol. The van der Waals surface area contributed by atoms with Crippen molar-refractivity contribution in [1.29, 1.82) is 0 Å². The Kier molecular flexibility index (Phi) is 5.84. The lowest BCUT2D eigenvalue weighted by Gasteiger charge is -2.33. The van der Waals surface area contributed by atoms with Gasteiger partial charge in [0.1, 0.15) is 11.6 Å². The minimum atomic E-state index is -0.120. The predicted molar refractivity (Wildman–Crippen MR) is 122 cm³/mol. The van der Waals surface area contributed by atoms with Crippen molar-refractivity contribution in [3.8, 4) is 0 Å². The number of hydrogen-bond acceptors (Lipinski definition) is 4. The second-order valence-electron chi connectivity index (χ2n) is 8.77. The summed E-state index contributed by atoms with van der Waals surface area (Å²) in [5, 5.41) is 8.99. The van der Waals surface area contributed by atoms with E-state index >= 15 is 0 Å². The van der Waals surface area contributed by atoms with Crippen molar-refractivity contribution in [3.63, 3.8) is 0 Å². The van der Waals surface area contributed by atoms with Gasteiger partial charge >= 0.3 is 0 Å². The molecule has 1 fully saturated rings. The molecular formula is C26H28N4O2. The molecule has 0 saturated carbocycles. The van der Waals surface area contributed by atoms with Crippen LogP contribution in [0.4, 0.5) is 0 Å². The normalized spacial score (nSPS) is 18.6. The Morgan fingerprint density at radius 1 is 0.812 bits per heavy atom. The maximum absolute atomic E-state index is 13.5. The molecule has 1 aromatic heterocycles. The van der Waals surface area contributed by atoms with E-state index in [-0.39, 0.29) is 17.6 Å². The van der Waals surface area contributed by atoms with Crippen molar-refractivity contribution >= 4 is 11.7 Å². The fourth-order valence-corrected chi connectivity index (χ4v) is 4.96. The van der Waals surface area contributed by atoms with E-state index in [2.05, 4.69) is 14.8 Å². The lowest BCUT2D eigenvalue weighted by Crippen LogP contribution is -2.40. The fraction of sp³-hybridized carbons (Fsp3) is 0.385. The number of hydrogen-bond donors (Lipinski definition) is 0. The van der Waals surface area contributed by atoms with Crippen LogP contribution in [0.2, 0.25) is 0 Å². The van der Waals surface area contributed by atoms with E-state index in [9.17, 15) is 9.59 Å². The highest BCUT2D eigenvalue weighted by atomic mass is 16.2. The number of nitrogens with zero attached hydrogens (tertiary/aromatic N) is 4. The van der Waals surface area contributed by atoms with E-state index in [0.717, 1.165) is 43.9 Å². The highest BCUT2D eigenvalue weighted by molar-refractivity contribution is 6.15. The standard InChI is InChI=1S/C26H28N4O2/c31-24(19-10-3-1-4-11-19)21-13-6-7-14-22(21)26(32)29-16-9-12-20(18-29)25-28-27-23-15-5-2-8-17-30(23)25/h1,3-4,6-7,10-11,13-14,20H,2,5,8-9,12,15-18H2/t20-/m1/s1. The zero-order chi connectivity index (χ0) is 21.9. The Balaban J connectivity index is 1.39. The molecule has 6 heteroatoms. The quantitative estimate of drug-likeness (QED) is 0.583. The second kappa shape index (κ2) is 9.07. The van der Waals surface area contributed by atoms with Crippen LogP contribution < -0.4 is 0 Å². The SMILES string of the molecule is O=C(c1ccccc1)c1ccccc1C(=O)N1CCC[C@@H](c2nnc3n2CCCCC3)C1. The first-order valence-electron chi connectivity index (χ1n) is 11.6. The summed E-state index contributed by atoms with van der Waals surface area (Å²) in [4.78, 5) is 28.5. The monoisotopic (exact) mass is 428 g/mol. The molecule has 1 atom stereocenters. The Morgan fingerprint density at radius 2 is 1.59 bits per heavy atom. The molecule has 0 spiro atoms. The first kappa shape index (κ1) is 20.6. The van der Waals surface area contributed by atoms with Crippen LogP contribution in [0, 0.1) is 0 Å². The lowest BCUT2D eigenvalue weighted by molar-refractivity contribution is 0.0699. The summed E-state index contributed by atoms with van der Waals surface area (Å²) in [7, 11) is 0. The molecule has 3 aromatic rings. The number of aromatic nitrogens is 3. The van der Waals surface area contributed by atoms with Gasteiger partial charge in [0.2, 0.25) is 0 Å². The van der Waals surface area contributed by atoms with Gasteiger partial charge in [-0.3, -0.25) is 9.59 Å². The molecule has 0 unspecified atom stereocenters. The van der Waals surface area contributed by atoms with Crippen LogP contribution in [0.3, 0.4) is 0 Å². The number of benzene rings is 2. The van der Waals surface area contributed by atoms with Crippen LogP contribution in [0.1, 0.15) is 76.0 Å². The van der Waals surface area contributed by atoms with Gasteiger partial charge in [-0.05, 0) is 31.7 Å². The first-order valence-corrected chi connectivity index (χ1v) is 11.6. The number of fused-ring (bicyclic) bond motifs is 1. The van der Waals surface area contributed by atoms with Crippen LogP contribution in [0.25, 0.3) is 0 Å². The number of rotatable bonds is 4. The van der Waals surface area contributed by atoms with Gasteiger partial charge in [0.15, 0.2) is 5.78 Å². The minimum Gasteiger partial charge on any atom is -0.338 e. The number of ketones is 1. The van der Waals surface area contributed by atoms with E-state index in [1.165, 1.54) is 12.8 Å². The van der Waals surface area contributed by atoms with Gasteiger partial charge in [-0.25, -0.2) is 0 Å². The minimum absolute atomic E-state index is 0.0785. The third-order valence-electron chi connectivity index (χ3n) is 6.65.